The number of imidazole rings is 1. The number of nitrogens with one attached hydrogen (secondary N) is 1. The topological polar surface area (TPSA) is 101 Å². The van der Waals surface area contributed by atoms with Crippen molar-refractivity contribution < 1.29 is 18.0 Å². The van der Waals surface area contributed by atoms with Crippen LogP contribution in [-0.4, -0.2) is 37.5 Å². The molecule has 1 amide bonds. The van der Waals surface area contributed by atoms with Crippen LogP contribution in [0, 0.1) is 12.7 Å². The van der Waals surface area contributed by atoms with E-state index in [0.717, 1.165) is 22.4 Å². The van der Waals surface area contributed by atoms with Crippen LogP contribution in [-0.2, 0) is 6.42 Å². The van der Waals surface area contributed by atoms with E-state index in [0.29, 0.717) is 29.9 Å². The molecule has 164 valence electrons. The first-order valence-electron chi connectivity index (χ1n) is 10.5. The molecule has 0 saturated heterocycles. The number of hydrogen-bond acceptors (Lipinski definition) is 6. The van der Waals surface area contributed by atoms with E-state index in [9.17, 15) is 9.18 Å². The van der Waals surface area contributed by atoms with Crippen LogP contribution in [0.3, 0.4) is 0 Å². The predicted molar refractivity (Wildman–Crippen MR) is 116 cm³/mol. The number of benzene rings is 2. The third kappa shape index (κ3) is 3.20. The van der Waals surface area contributed by atoms with Crippen molar-refractivity contribution in [2.45, 2.75) is 19.4 Å². The number of nitrogens with zero attached hydrogens (tertiary/aromatic N) is 4. The number of carbonyl (C=O) groups is 1. The van der Waals surface area contributed by atoms with Crippen LogP contribution in [0.1, 0.15) is 39.4 Å². The van der Waals surface area contributed by atoms with E-state index in [4.69, 9.17) is 8.83 Å². The lowest BCUT2D eigenvalue weighted by atomic mass is 10.00. The molecule has 0 fully saturated rings. The van der Waals surface area contributed by atoms with Crippen molar-refractivity contribution in [3.05, 3.63) is 89.3 Å². The van der Waals surface area contributed by atoms with E-state index in [-0.39, 0.29) is 17.6 Å². The molecule has 8 nitrogen and oxygen atoms in total. The van der Waals surface area contributed by atoms with Gasteiger partial charge < -0.3 is 18.7 Å². The fraction of sp³-hybridized carbons (Fsp3) is 0.167. The molecule has 0 aliphatic carbocycles. The Balaban J connectivity index is 1.39. The molecule has 1 aliphatic rings. The highest BCUT2D eigenvalue weighted by atomic mass is 19.1. The summed E-state index contributed by atoms with van der Waals surface area (Å²) in [7, 11) is 0. The molecule has 0 saturated carbocycles. The first-order valence-corrected chi connectivity index (χ1v) is 10.5. The number of H-pyrrole nitrogens is 1. The zero-order valence-electron chi connectivity index (χ0n) is 17.6. The van der Waals surface area contributed by atoms with Crippen LogP contribution in [0.2, 0.25) is 0 Å². The minimum Gasteiger partial charge on any atom is -0.458 e. The van der Waals surface area contributed by atoms with Gasteiger partial charge in [0.15, 0.2) is 0 Å². The van der Waals surface area contributed by atoms with Gasteiger partial charge in [-0.3, -0.25) is 4.79 Å². The molecule has 0 spiro atoms. The SMILES string of the molecule is Cc1cc(F)ccc1-c1nnc(C(=O)N2CCc3[nH]cnc3[C@H]2c2cc3ccccc3o2)o1. The molecule has 1 aliphatic heterocycles. The van der Waals surface area contributed by atoms with Gasteiger partial charge in [0.05, 0.1) is 12.0 Å². The van der Waals surface area contributed by atoms with Gasteiger partial charge in [0.1, 0.15) is 23.2 Å². The number of amides is 1. The first kappa shape index (κ1) is 19.4. The van der Waals surface area contributed by atoms with Crippen LogP contribution in [0.4, 0.5) is 4.39 Å². The average molecular weight is 443 g/mol. The average Bonchev–Trinajstić information content (AvgIpc) is 3.56. The van der Waals surface area contributed by atoms with Gasteiger partial charge in [-0.05, 0) is 42.8 Å². The van der Waals surface area contributed by atoms with Crippen LogP contribution < -0.4 is 0 Å². The molecule has 0 bridgehead atoms. The third-order valence-corrected chi connectivity index (χ3v) is 5.93. The Hall–Kier alpha value is -4.27. The second kappa shape index (κ2) is 7.40. The second-order valence-electron chi connectivity index (χ2n) is 7.98. The Morgan fingerprint density at radius 2 is 2.03 bits per heavy atom. The van der Waals surface area contributed by atoms with E-state index < -0.39 is 11.9 Å². The maximum absolute atomic E-state index is 13.5. The molecule has 4 heterocycles. The van der Waals surface area contributed by atoms with Crippen molar-refractivity contribution in [1.82, 2.24) is 25.1 Å². The number of carbonyl (C=O) groups excluding carboxylic acids is 1. The van der Waals surface area contributed by atoms with E-state index in [1.165, 1.54) is 12.1 Å². The van der Waals surface area contributed by atoms with E-state index in [1.807, 2.05) is 30.3 Å². The van der Waals surface area contributed by atoms with E-state index in [1.54, 1.807) is 24.2 Å². The lowest BCUT2D eigenvalue weighted by Gasteiger charge is -2.32. The van der Waals surface area contributed by atoms with Gasteiger partial charge in [0.25, 0.3) is 0 Å². The standard InChI is InChI=1S/C24H18FN5O3/c1-13-10-15(25)6-7-16(13)22-28-29-23(33-22)24(31)30-9-8-17-20(27-12-26-17)21(30)19-11-14-4-2-3-5-18(14)32-19/h2-7,10-12,21H,8-9H2,1H3,(H,26,27)/t21-/m1/s1. The molecule has 6 rings (SSSR count). The molecular weight excluding hydrogens is 425 g/mol. The van der Waals surface area contributed by atoms with E-state index in [2.05, 4.69) is 20.2 Å². The number of furan rings is 1. The summed E-state index contributed by atoms with van der Waals surface area (Å²) in [5, 5.41) is 8.95. The molecule has 2 aromatic carbocycles. The van der Waals surface area contributed by atoms with Crippen LogP contribution in [0.25, 0.3) is 22.4 Å². The number of aromatic nitrogens is 4. The van der Waals surface area contributed by atoms with Crippen molar-refractivity contribution in [1.29, 1.82) is 0 Å². The monoisotopic (exact) mass is 443 g/mol. The van der Waals surface area contributed by atoms with Crippen LogP contribution >= 0.6 is 0 Å². The summed E-state index contributed by atoms with van der Waals surface area (Å²) in [5.41, 5.74) is 3.62. The molecular formula is C24H18FN5O3. The summed E-state index contributed by atoms with van der Waals surface area (Å²) < 4.78 is 25.3. The predicted octanol–water partition coefficient (Wildman–Crippen LogP) is 4.44. The van der Waals surface area contributed by atoms with Gasteiger partial charge in [-0.15, -0.1) is 10.2 Å². The molecule has 3 aromatic heterocycles. The number of fused-ring (bicyclic) bond motifs is 2. The number of halogens is 1. The minimum atomic E-state index is -0.539. The lowest BCUT2D eigenvalue weighted by molar-refractivity contribution is 0.0632. The van der Waals surface area contributed by atoms with Gasteiger partial charge in [0, 0.05) is 29.6 Å². The van der Waals surface area contributed by atoms with Gasteiger partial charge in [0.2, 0.25) is 5.89 Å². The molecule has 1 N–H and O–H groups in total. The highest BCUT2D eigenvalue weighted by molar-refractivity contribution is 5.91. The summed E-state index contributed by atoms with van der Waals surface area (Å²) in [5.74, 6) is -0.161. The van der Waals surface area contributed by atoms with Crippen LogP contribution in [0.5, 0.6) is 0 Å². The number of para-hydroxylation sites is 1. The molecule has 9 heteroatoms. The second-order valence-corrected chi connectivity index (χ2v) is 7.98. The highest BCUT2D eigenvalue weighted by Gasteiger charge is 2.38. The lowest BCUT2D eigenvalue weighted by Crippen LogP contribution is -2.40. The fourth-order valence-electron chi connectivity index (χ4n) is 4.33. The Bertz CT molecular complexity index is 1470. The number of hydrogen-bond donors (Lipinski definition) is 1. The van der Waals surface area contributed by atoms with Crippen molar-refractivity contribution in [3.8, 4) is 11.5 Å². The number of aryl methyl sites for hydroxylation is 1. The molecule has 33 heavy (non-hydrogen) atoms. The molecule has 5 aromatic rings. The summed E-state index contributed by atoms with van der Waals surface area (Å²) in [6, 6.07) is 13.3. The van der Waals surface area contributed by atoms with Gasteiger partial charge in [-0.25, -0.2) is 9.37 Å². The van der Waals surface area contributed by atoms with Crippen molar-refractivity contribution in [2.24, 2.45) is 0 Å². The smallest absolute Gasteiger partial charge is 0.312 e. The Labute approximate surface area is 187 Å². The number of rotatable bonds is 3. The largest absolute Gasteiger partial charge is 0.458 e. The number of aromatic amines is 1. The van der Waals surface area contributed by atoms with Crippen molar-refractivity contribution in [3.63, 3.8) is 0 Å². The van der Waals surface area contributed by atoms with Gasteiger partial charge >= 0.3 is 11.8 Å². The van der Waals surface area contributed by atoms with Gasteiger partial charge in [-0.1, -0.05) is 18.2 Å². The summed E-state index contributed by atoms with van der Waals surface area (Å²) in [6.45, 7) is 2.16. The van der Waals surface area contributed by atoms with E-state index >= 15 is 0 Å². The summed E-state index contributed by atoms with van der Waals surface area (Å²) >= 11 is 0. The third-order valence-electron chi connectivity index (χ3n) is 5.93. The highest BCUT2D eigenvalue weighted by Crippen LogP contribution is 2.37. The molecule has 0 unspecified atom stereocenters. The van der Waals surface area contributed by atoms with Crippen molar-refractivity contribution in [2.75, 3.05) is 6.54 Å². The minimum absolute atomic E-state index is 0.145. The first-order chi connectivity index (χ1) is 16.1. The normalized spacial score (nSPS) is 15.7. The zero-order valence-corrected chi connectivity index (χ0v) is 17.6. The maximum Gasteiger partial charge on any atom is 0.312 e. The van der Waals surface area contributed by atoms with Crippen molar-refractivity contribution >= 4 is 16.9 Å². The quantitative estimate of drug-likeness (QED) is 0.442. The molecule has 0 radical (unpaired) electrons. The maximum atomic E-state index is 13.5. The van der Waals surface area contributed by atoms with Crippen LogP contribution in [0.15, 0.2) is 63.7 Å². The zero-order chi connectivity index (χ0) is 22.5. The van der Waals surface area contributed by atoms with Gasteiger partial charge in [-0.2, -0.15) is 0 Å². The summed E-state index contributed by atoms with van der Waals surface area (Å²) in [4.78, 5) is 22.8. The Morgan fingerprint density at radius 3 is 2.88 bits per heavy atom. The fourth-order valence-corrected chi connectivity index (χ4v) is 4.33. The Kier molecular flexibility index (Phi) is 4.36. The molecule has 1 atom stereocenters. The summed E-state index contributed by atoms with van der Waals surface area (Å²) in [6.07, 6.45) is 2.23. The Morgan fingerprint density at radius 1 is 1.15 bits per heavy atom.